The van der Waals surface area contributed by atoms with E-state index < -0.39 is 5.41 Å². The molecular formula is C61H41N5. The fourth-order valence-corrected chi connectivity index (χ4v) is 11.6. The zero-order chi connectivity index (χ0) is 43.3. The average Bonchev–Trinajstić information content (AvgIpc) is 3.71. The summed E-state index contributed by atoms with van der Waals surface area (Å²) in [7, 11) is 0. The minimum Gasteiger partial charge on any atom is -0.309 e. The molecule has 66 heavy (non-hydrogen) atoms. The summed E-state index contributed by atoms with van der Waals surface area (Å²) >= 11 is 0. The SMILES string of the molecule is C1=Cc2cc(N3c4ccccc4C4(c5ccccc5Cc5cc6c(cc54)c4ccccc4n6-c4nc(-c5ccccc5)nc(-c5ccccc5)n4)c4ccccc43)c3ccccc3c2CC1. The van der Waals surface area contributed by atoms with E-state index in [0.717, 1.165) is 52.2 Å². The molecular weight excluding hydrogens is 803 g/mol. The molecule has 9 aromatic carbocycles. The smallest absolute Gasteiger partial charge is 0.238 e. The number of benzene rings is 9. The second kappa shape index (κ2) is 14.3. The number of para-hydroxylation sites is 3. The molecule has 2 aromatic heterocycles. The van der Waals surface area contributed by atoms with Crippen LogP contribution in [0.25, 0.3) is 67.4 Å². The van der Waals surface area contributed by atoms with Crippen molar-refractivity contribution in [1.82, 2.24) is 19.5 Å². The van der Waals surface area contributed by atoms with Gasteiger partial charge >= 0.3 is 0 Å². The number of aromatic nitrogens is 4. The Morgan fingerprint density at radius 2 is 1.02 bits per heavy atom. The fourth-order valence-electron chi connectivity index (χ4n) is 11.6. The summed E-state index contributed by atoms with van der Waals surface area (Å²) in [6.45, 7) is 0. The van der Waals surface area contributed by atoms with Crippen molar-refractivity contribution in [2.24, 2.45) is 0 Å². The molecule has 2 aliphatic carbocycles. The molecule has 3 aliphatic rings. The molecule has 310 valence electrons. The second-order valence-corrected chi connectivity index (χ2v) is 17.8. The van der Waals surface area contributed by atoms with Gasteiger partial charge in [-0.15, -0.1) is 0 Å². The van der Waals surface area contributed by atoms with E-state index in [-0.39, 0.29) is 0 Å². The summed E-state index contributed by atoms with van der Waals surface area (Å²) in [6, 6.07) is 73.1. The van der Waals surface area contributed by atoms with Crippen LogP contribution < -0.4 is 4.90 Å². The Bertz CT molecular complexity index is 3700. The van der Waals surface area contributed by atoms with Gasteiger partial charge in [-0.3, -0.25) is 4.57 Å². The number of anilines is 3. The minimum absolute atomic E-state index is 0.593. The quantitative estimate of drug-likeness (QED) is 0.177. The highest BCUT2D eigenvalue weighted by molar-refractivity contribution is 6.10. The third-order valence-electron chi connectivity index (χ3n) is 14.4. The van der Waals surface area contributed by atoms with Crippen LogP contribution in [0.1, 0.15) is 50.9 Å². The lowest BCUT2D eigenvalue weighted by atomic mass is 9.57. The highest BCUT2D eigenvalue weighted by Crippen LogP contribution is 2.61. The van der Waals surface area contributed by atoms with Crippen LogP contribution in [0.2, 0.25) is 0 Å². The van der Waals surface area contributed by atoms with Gasteiger partial charge in [0.05, 0.1) is 33.5 Å². The van der Waals surface area contributed by atoms with Crippen molar-refractivity contribution in [3.8, 4) is 28.7 Å². The Hall–Kier alpha value is -8.41. The maximum atomic E-state index is 5.28. The van der Waals surface area contributed by atoms with Gasteiger partial charge in [0.1, 0.15) is 0 Å². The zero-order valence-electron chi connectivity index (χ0n) is 36.1. The Labute approximate surface area is 382 Å². The van der Waals surface area contributed by atoms with Gasteiger partial charge in [0.2, 0.25) is 5.95 Å². The molecule has 5 heteroatoms. The summed E-state index contributed by atoms with van der Waals surface area (Å²) < 4.78 is 2.26. The lowest BCUT2D eigenvalue weighted by Crippen LogP contribution is -2.41. The molecule has 0 amide bonds. The van der Waals surface area contributed by atoms with Crippen molar-refractivity contribution in [1.29, 1.82) is 0 Å². The number of nitrogens with zero attached hydrogens (tertiary/aromatic N) is 5. The summed E-state index contributed by atoms with van der Waals surface area (Å²) in [5, 5.41) is 4.92. The third kappa shape index (κ3) is 5.25. The van der Waals surface area contributed by atoms with Gasteiger partial charge in [-0.2, -0.15) is 9.97 Å². The van der Waals surface area contributed by atoms with Gasteiger partial charge in [0.15, 0.2) is 11.6 Å². The molecule has 0 bridgehead atoms. The first kappa shape index (κ1) is 37.0. The van der Waals surface area contributed by atoms with Crippen LogP contribution in [-0.4, -0.2) is 19.5 Å². The van der Waals surface area contributed by atoms with E-state index in [4.69, 9.17) is 15.0 Å². The number of fused-ring (bicyclic) bond motifs is 14. The number of aryl methyl sites for hydroxylation is 1. The molecule has 0 unspecified atom stereocenters. The van der Waals surface area contributed by atoms with Gasteiger partial charge < -0.3 is 4.90 Å². The first-order chi connectivity index (χ1) is 32.7. The maximum Gasteiger partial charge on any atom is 0.238 e. The Morgan fingerprint density at radius 3 is 1.73 bits per heavy atom. The van der Waals surface area contributed by atoms with Gasteiger partial charge in [0, 0.05) is 27.3 Å². The topological polar surface area (TPSA) is 46.8 Å². The molecule has 0 N–H and O–H groups in total. The second-order valence-electron chi connectivity index (χ2n) is 17.8. The molecule has 0 radical (unpaired) electrons. The maximum absolute atomic E-state index is 5.28. The molecule has 3 heterocycles. The van der Waals surface area contributed by atoms with E-state index in [0.29, 0.717) is 17.6 Å². The van der Waals surface area contributed by atoms with Crippen molar-refractivity contribution in [3.63, 3.8) is 0 Å². The van der Waals surface area contributed by atoms with Crippen molar-refractivity contribution in [3.05, 3.63) is 251 Å². The van der Waals surface area contributed by atoms with Crippen molar-refractivity contribution >= 4 is 55.7 Å². The van der Waals surface area contributed by atoms with Gasteiger partial charge in [-0.1, -0.05) is 176 Å². The van der Waals surface area contributed by atoms with Crippen molar-refractivity contribution < 1.29 is 0 Å². The predicted octanol–water partition coefficient (Wildman–Crippen LogP) is 14.5. The van der Waals surface area contributed by atoms with Crippen LogP contribution in [0, 0.1) is 0 Å². The standard InChI is InChI=1S/C61H41N5/c1-3-19-39(20-4-1)58-62-59(40-21-5-2-6-22-40)64-60(63-58)66-53-32-16-12-28-47(53)48-38-52-43(37-57(48)66)35-42-24-8-13-29-49(42)61(52)50-30-14-17-33-54(50)65(55-34-18-15-31-51(55)61)56-36-41-23-7-9-25-44(41)45-26-10-11-27-46(45)56/h1-8,10-24,26-34,36-38H,9,25,35H2. The summed E-state index contributed by atoms with van der Waals surface area (Å²) in [6.07, 6.45) is 7.57. The van der Waals surface area contributed by atoms with E-state index in [1.54, 1.807) is 0 Å². The molecule has 14 rings (SSSR count). The van der Waals surface area contributed by atoms with E-state index >= 15 is 0 Å². The number of hydrogen-bond donors (Lipinski definition) is 0. The Balaban J connectivity index is 1.06. The van der Waals surface area contributed by atoms with Gasteiger partial charge in [-0.25, -0.2) is 4.98 Å². The Morgan fingerprint density at radius 1 is 0.424 bits per heavy atom. The van der Waals surface area contributed by atoms with E-state index in [9.17, 15) is 0 Å². The average molecular weight is 844 g/mol. The first-order valence-corrected chi connectivity index (χ1v) is 23.0. The monoisotopic (exact) mass is 843 g/mol. The molecule has 0 saturated heterocycles. The van der Waals surface area contributed by atoms with Gasteiger partial charge in [0.25, 0.3) is 0 Å². The molecule has 0 atom stereocenters. The normalized spacial score (nSPS) is 14.2. The van der Waals surface area contributed by atoms with Crippen molar-refractivity contribution in [2.75, 3.05) is 4.90 Å². The number of hydrogen-bond acceptors (Lipinski definition) is 4. The summed E-state index contributed by atoms with van der Waals surface area (Å²) in [5.74, 6) is 1.87. The highest BCUT2D eigenvalue weighted by Gasteiger charge is 2.50. The van der Waals surface area contributed by atoms with Gasteiger partial charge in [-0.05, 0) is 106 Å². The highest BCUT2D eigenvalue weighted by atomic mass is 15.2. The van der Waals surface area contributed by atoms with Crippen LogP contribution >= 0.6 is 0 Å². The van der Waals surface area contributed by atoms with E-state index in [1.165, 1.54) is 72.3 Å². The van der Waals surface area contributed by atoms with Crippen LogP contribution in [0.3, 0.4) is 0 Å². The van der Waals surface area contributed by atoms with Crippen LogP contribution in [0.15, 0.2) is 206 Å². The third-order valence-corrected chi connectivity index (χ3v) is 14.4. The van der Waals surface area contributed by atoms with Crippen molar-refractivity contribution in [2.45, 2.75) is 24.7 Å². The molecule has 5 nitrogen and oxygen atoms in total. The van der Waals surface area contributed by atoms with Crippen LogP contribution in [0.5, 0.6) is 0 Å². The largest absolute Gasteiger partial charge is 0.309 e. The number of rotatable bonds is 4. The Kier molecular flexibility index (Phi) is 8.02. The minimum atomic E-state index is -0.622. The lowest BCUT2D eigenvalue weighted by molar-refractivity contribution is 0.694. The molecule has 0 saturated carbocycles. The first-order valence-electron chi connectivity index (χ1n) is 23.0. The summed E-state index contributed by atoms with van der Waals surface area (Å²) in [4.78, 5) is 18.2. The predicted molar refractivity (Wildman–Crippen MR) is 269 cm³/mol. The van der Waals surface area contributed by atoms with E-state index in [1.807, 2.05) is 36.4 Å². The number of allylic oxidation sites excluding steroid dienone is 1. The van der Waals surface area contributed by atoms with E-state index in [2.05, 4.69) is 185 Å². The molecule has 1 spiro atoms. The molecule has 1 aliphatic heterocycles. The summed E-state index contributed by atoms with van der Waals surface area (Å²) in [5.41, 5.74) is 17.5. The zero-order valence-corrected chi connectivity index (χ0v) is 36.1. The lowest BCUT2D eigenvalue weighted by Gasteiger charge is -2.49. The molecule has 11 aromatic rings. The fraction of sp³-hybridized carbons (Fsp3) is 0.0656. The van der Waals surface area contributed by atoms with Crippen LogP contribution in [0.4, 0.5) is 17.1 Å². The molecule has 0 fully saturated rings. The van der Waals surface area contributed by atoms with Crippen LogP contribution in [-0.2, 0) is 18.3 Å².